The van der Waals surface area contributed by atoms with E-state index in [1.807, 2.05) is 0 Å². The standard InChI is InChI=1S/C25H32F3N3O4/c1-15-9-16(11-29-17(15)10-19(32)35-22(2,3)4)30-20(33)21(34)31-8-6-5-7-18(31)23-12-24(13-23,14-23)25(26,27)28/h9,11,18H,5-8,10,12-14H2,1-4H3,(H,30,33). The number of aryl methyl sites for hydroxylation is 1. The average Bonchev–Trinajstić information content (AvgIpc) is 2.65. The lowest BCUT2D eigenvalue weighted by molar-refractivity contribution is -0.375. The second-order valence-corrected chi connectivity index (χ2v) is 11.4. The van der Waals surface area contributed by atoms with Crippen molar-refractivity contribution in [1.29, 1.82) is 0 Å². The third-order valence-corrected chi connectivity index (χ3v) is 7.51. The van der Waals surface area contributed by atoms with Crippen LogP contribution < -0.4 is 5.32 Å². The van der Waals surface area contributed by atoms with Crippen LogP contribution in [0.25, 0.3) is 0 Å². The van der Waals surface area contributed by atoms with Gasteiger partial charge in [0.15, 0.2) is 0 Å². The first-order valence-electron chi connectivity index (χ1n) is 12.0. The van der Waals surface area contributed by atoms with E-state index in [-0.39, 0.29) is 31.7 Å². The number of alkyl halides is 3. The molecule has 2 bridgehead atoms. The summed E-state index contributed by atoms with van der Waals surface area (Å²) in [4.78, 5) is 43.6. The summed E-state index contributed by atoms with van der Waals surface area (Å²) >= 11 is 0. The largest absolute Gasteiger partial charge is 0.460 e. The van der Waals surface area contributed by atoms with Gasteiger partial charge in [0.2, 0.25) is 0 Å². The highest BCUT2D eigenvalue weighted by atomic mass is 19.4. The summed E-state index contributed by atoms with van der Waals surface area (Å²) in [7, 11) is 0. The number of carbonyl (C=O) groups is 3. The van der Waals surface area contributed by atoms with Gasteiger partial charge in [0.05, 0.1) is 29.4 Å². The van der Waals surface area contributed by atoms with E-state index in [0.29, 0.717) is 29.9 Å². The first-order chi connectivity index (χ1) is 16.1. The first kappa shape index (κ1) is 25.4. The minimum atomic E-state index is -4.21. The van der Waals surface area contributed by atoms with Crippen molar-refractivity contribution < 1.29 is 32.3 Å². The van der Waals surface area contributed by atoms with Crippen LogP contribution in [0.5, 0.6) is 0 Å². The lowest BCUT2D eigenvalue weighted by Gasteiger charge is -2.74. The van der Waals surface area contributed by atoms with Gasteiger partial charge in [0, 0.05) is 12.6 Å². The zero-order chi connectivity index (χ0) is 25.8. The number of pyridine rings is 1. The number of carbonyl (C=O) groups excluding carboxylic acids is 3. The van der Waals surface area contributed by atoms with E-state index in [9.17, 15) is 27.6 Å². The predicted molar refractivity (Wildman–Crippen MR) is 121 cm³/mol. The number of aromatic nitrogens is 1. The summed E-state index contributed by atoms with van der Waals surface area (Å²) in [6.07, 6.45) is -0.559. The molecule has 1 aromatic rings. The van der Waals surface area contributed by atoms with Crippen LogP contribution in [-0.4, -0.2) is 52.0 Å². The number of nitrogens with one attached hydrogen (secondary N) is 1. The topological polar surface area (TPSA) is 88.6 Å². The number of anilines is 1. The van der Waals surface area contributed by atoms with Gasteiger partial charge in [-0.3, -0.25) is 19.4 Å². The van der Waals surface area contributed by atoms with Gasteiger partial charge in [-0.05, 0) is 83.3 Å². The minimum absolute atomic E-state index is 0.0206. The zero-order valence-electron chi connectivity index (χ0n) is 20.6. The van der Waals surface area contributed by atoms with Gasteiger partial charge < -0.3 is 15.0 Å². The number of likely N-dealkylation sites (tertiary alicyclic amines) is 1. The zero-order valence-corrected chi connectivity index (χ0v) is 20.6. The molecule has 2 heterocycles. The molecular weight excluding hydrogens is 463 g/mol. The average molecular weight is 496 g/mol. The Hall–Kier alpha value is -2.65. The predicted octanol–water partition coefficient (Wildman–Crippen LogP) is 4.33. The molecule has 5 rings (SSSR count). The SMILES string of the molecule is Cc1cc(NC(=O)C(=O)N2CCCCC2C23CC(C(F)(F)F)(C2)C3)cnc1CC(=O)OC(C)(C)C. The lowest BCUT2D eigenvalue weighted by atomic mass is 9.32. The maximum Gasteiger partial charge on any atom is 0.394 e. The third-order valence-electron chi connectivity index (χ3n) is 7.51. The fraction of sp³-hybridized carbons (Fsp3) is 0.680. The number of halogens is 3. The molecule has 7 nitrogen and oxygen atoms in total. The van der Waals surface area contributed by atoms with Crippen LogP contribution in [0.2, 0.25) is 0 Å². The third kappa shape index (κ3) is 4.76. The molecule has 1 N–H and O–H groups in total. The van der Waals surface area contributed by atoms with Crippen LogP contribution in [0.15, 0.2) is 12.3 Å². The Kier molecular flexibility index (Phi) is 6.17. The van der Waals surface area contributed by atoms with Crippen molar-refractivity contribution >= 4 is 23.5 Å². The maximum absolute atomic E-state index is 13.3. The number of amides is 2. The number of hydrogen-bond acceptors (Lipinski definition) is 5. The van der Waals surface area contributed by atoms with Crippen molar-refractivity contribution in [2.24, 2.45) is 10.8 Å². The smallest absolute Gasteiger partial charge is 0.394 e. The Morgan fingerprint density at radius 2 is 1.83 bits per heavy atom. The minimum Gasteiger partial charge on any atom is -0.460 e. The molecule has 4 fully saturated rings. The molecule has 2 amide bonds. The van der Waals surface area contributed by atoms with Crippen molar-refractivity contribution in [3.63, 3.8) is 0 Å². The number of nitrogens with zero attached hydrogens (tertiary/aromatic N) is 2. The molecule has 192 valence electrons. The summed E-state index contributed by atoms with van der Waals surface area (Å²) in [5.41, 5.74) is -1.26. The molecule has 0 spiro atoms. The molecule has 4 aliphatic rings. The van der Waals surface area contributed by atoms with E-state index < -0.39 is 40.4 Å². The Morgan fingerprint density at radius 3 is 2.40 bits per heavy atom. The number of hydrogen-bond donors (Lipinski definition) is 1. The Bertz CT molecular complexity index is 1030. The Morgan fingerprint density at radius 1 is 1.17 bits per heavy atom. The van der Waals surface area contributed by atoms with Gasteiger partial charge in [0.25, 0.3) is 0 Å². The fourth-order valence-corrected chi connectivity index (χ4v) is 6.02. The van der Waals surface area contributed by atoms with Gasteiger partial charge in [-0.15, -0.1) is 0 Å². The van der Waals surface area contributed by atoms with Gasteiger partial charge >= 0.3 is 24.0 Å². The molecule has 0 aromatic carbocycles. The van der Waals surface area contributed by atoms with E-state index in [0.717, 1.165) is 12.8 Å². The summed E-state index contributed by atoms with van der Waals surface area (Å²) in [5, 5.41) is 2.56. The highest BCUT2D eigenvalue weighted by Crippen LogP contribution is 2.80. The summed E-state index contributed by atoms with van der Waals surface area (Å²) in [5.74, 6) is -1.98. The molecular formula is C25H32F3N3O4. The Balaban J connectivity index is 1.38. The molecule has 3 saturated carbocycles. The van der Waals surface area contributed by atoms with E-state index in [1.165, 1.54) is 11.1 Å². The van der Waals surface area contributed by atoms with Crippen molar-refractivity contribution in [1.82, 2.24) is 9.88 Å². The second-order valence-electron chi connectivity index (χ2n) is 11.4. The molecule has 0 radical (unpaired) electrons. The van der Waals surface area contributed by atoms with Gasteiger partial charge in [-0.1, -0.05) is 0 Å². The lowest BCUT2D eigenvalue weighted by Crippen LogP contribution is -2.75. The van der Waals surface area contributed by atoms with Crippen molar-refractivity contribution in [2.45, 2.75) is 90.5 Å². The molecule has 1 unspecified atom stereocenters. The second kappa shape index (κ2) is 8.48. The van der Waals surface area contributed by atoms with Crippen LogP contribution in [0.3, 0.4) is 0 Å². The summed E-state index contributed by atoms with van der Waals surface area (Å²) < 4.78 is 45.2. The first-order valence-corrected chi connectivity index (χ1v) is 12.0. The quantitative estimate of drug-likeness (QED) is 0.496. The number of esters is 1. The summed E-state index contributed by atoms with van der Waals surface area (Å²) in [6.45, 7) is 7.43. The number of piperidine rings is 1. The van der Waals surface area contributed by atoms with Crippen LogP contribution in [0.1, 0.15) is 70.6 Å². The van der Waals surface area contributed by atoms with Crippen molar-refractivity contribution in [3.8, 4) is 0 Å². The maximum atomic E-state index is 13.3. The van der Waals surface area contributed by atoms with Gasteiger partial charge in [-0.2, -0.15) is 13.2 Å². The number of ether oxygens (including phenoxy) is 1. The highest BCUT2D eigenvalue weighted by Gasteiger charge is 2.80. The summed E-state index contributed by atoms with van der Waals surface area (Å²) in [6, 6.07) is 1.29. The van der Waals surface area contributed by atoms with Crippen molar-refractivity contribution in [3.05, 3.63) is 23.5 Å². The monoisotopic (exact) mass is 495 g/mol. The van der Waals surface area contributed by atoms with E-state index in [2.05, 4.69) is 10.3 Å². The number of rotatable bonds is 4. The van der Waals surface area contributed by atoms with E-state index in [4.69, 9.17) is 4.74 Å². The van der Waals surface area contributed by atoms with Gasteiger partial charge in [-0.25, -0.2) is 0 Å². The molecule has 1 aliphatic heterocycles. The Labute approximate surface area is 202 Å². The molecule has 1 saturated heterocycles. The highest BCUT2D eigenvalue weighted by molar-refractivity contribution is 6.39. The molecule has 35 heavy (non-hydrogen) atoms. The van der Waals surface area contributed by atoms with Crippen LogP contribution in [0.4, 0.5) is 18.9 Å². The van der Waals surface area contributed by atoms with E-state index >= 15 is 0 Å². The van der Waals surface area contributed by atoms with Gasteiger partial charge in [0.1, 0.15) is 5.60 Å². The fourth-order valence-electron chi connectivity index (χ4n) is 6.02. The molecule has 1 aromatic heterocycles. The van der Waals surface area contributed by atoms with Crippen LogP contribution in [-0.2, 0) is 25.5 Å². The molecule has 3 aliphatic carbocycles. The van der Waals surface area contributed by atoms with Crippen LogP contribution >= 0.6 is 0 Å². The normalized spacial score (nSPS) is 28.0. The molecule has 10 heteroatoms. The van der Waals surface area contributed by atoms with Crippen LogP contribution in [0, 0.1) is 17.8 Å². The van der Waals surface area contributed by atoms with Crippen molar-refractivity contribution in [2.75, 3.05) is 11.9 Å². The van der Waals surface area contributed by atoms with E-state index in [1.54, 1.807) is 33.8 Å². The molecule has 1 atom stereocenters.